The molecular formula is C12H10N2O3S. The molecule has 3 aromatic rings. The Kier molecular flexibility index (Phi) is 2.45. The van der Waals surface area contributed by atoms with Crippen LogP contribution in [-0.2, 0) is 7.05 Å². The Bertz CT molecular complexity index is 769. The van der Waals surface area contributed by atoms with E-state index in [1.807, 2.05) is 23.6 Å². The van der Waals surface area contributed by atoms with E-state index >= 15 is 0 Å². The van der Waals surface area contributed by atoms with Gasteiger partial charge >= 0.3 is 5.76 Å². The summed E-state index contributed by atoms with van der Waals surface area (Å²) in [4.78, 5) is 15.7. The van der Waals surface area contributed by atoms with E-state index in [1.165, 1.54) is 15.9 Å². The molecule has 0 aliphatic heterocycles. The topological polar surface area (TPSA) is 57.3 Å². The fraction of sp³-hybridized carbons (Fsp3) is 0.167. The maximum absolute atomic E-state index is 11.4. The summed E-state index contributed by atoms with van der Waals surface area (Å²) >= 11 is 1.43. The Labute approximate surface area is 106 Å². The molecule has 0 N–H and O–H groups in total. The van der Waals surface area contributed by atoms with Gasteiger partial charge < -0.3 is 9.15 Å². The minimum Gasteiger partial charge on any atom is -0.473 e. The predicted molar refractivity (Wildman–Crippen MR) is 69.1 cm³/mol. The van der Waals surface area contributed by atoms with Crippen LogP contribution in [0.15, 0.2) is 32.8 Å². The number of aryl methyl sites for hydroxylation is 1. The molecule has 0 bridgehead atoms. The quantitative estimate of drug-likeness (QED) is 0.711. The Morgan fingerprint density at radius 2 is 2.28 bits per heavy atom. The largest absolute Gasteiger partial charge is 0.473 e. The highest BCUT2D eigenvalue weighted by Crippen LogP contribution is 2.28. The maximum Gasteiger partial charge on any atom is 0.419 e. The van der Waals surface area contributed by atoms with Gasteiger partial charge in [-0.05, 0) is 12.1 Å². The van der Waals surface area contributed by atoms with Gasteiger partial charge in [-0.2, -0.15) is 0 Å². The number of fused-ring (bicyclic) bond motifs is 1. The molecule has 5 nitrogen and oxygen atoms in total. The van der Waals surface area contributed by atoms with E-state index in [9.17, 15) is 4.79 Å². The van der Waals surface area contributed by atoms with Gasteiger partial charge in [0, 0.05) is 18.0 Å². The Hall–Kier alpha value is -2.08. The first-order valence-electron chi connectivity index (χ1n) is 5.28. The van der Waals surface area contributed by atoms with E-state index in [-0.39, 0.29) is 5.76 Å². The molecule has 1 aromatic carbocycles. The fourth-order valence-corrected chi connectivity index (χ4v) is 2.43. The van der Waals surface area contributed by atoms with Crippen LogP contribution in [0.1, 0.15) is 0 Å². The molecule has 0 fully saturated rings. The van der Waals surface area contributed by atoms with Crippen LogP contribution in [0, 0.1) is 0 Å². The smallest absolute Gasteiger partial charge is 0.419 e. The lowest BCUT2D eigenvalue weighted by Crippen LogP contribution is -2.08. The summed E-state index contributed by atoms with van der Waals surface area (Å²) in [6.45, 7) is 0. The standard InChI is InChI=1S/C12H10N2O3S/c1-14-9-4-3-7(5-10(9)17-12(14)15)8-6-18-11(13-8)16-2/h3-6H,1-2H3. The van der Waals surface area contributed by atoms with E-state index in [4.69, 9.17) is 9.15 Å². The molecule has 0 spiro atoms. The first kappa shape index (κ1) is 11.0. The fourth-order valence-electron chi connectivity index (χ4n) is 1.78. The number of hydrogen-bond acceptors (Lipinski definition) is 5. The van der Waals surface area contributed by atoms with Crippen LogP contribution < -0.4 is 10.5 Å². The van der Waals surface area contributed by atoms with Crippen molar-refractivity contribution in [1.29, 1.82) is 0 Å². The number of nitrogens with zero attached hydrogens (tertiary/aromatic N) is 2. The maximum atomic E-state index is 11.4. The third-order valence-corrected chi connectivity index (χ3v) is 3.55. The van der Waals surface area contributed by atoms with Crippen molar-refractivity contribution in [3.63, 3.8) is 0 Å². The molecule has 0 aliphatic rings. The van der Waals surface area contributed by atoms with Crippen LogP contribution in [0.3, 0.4) is 0 Å². The number of ether oxygens (including phenoxy) is 1. The Balaban J connectivity index is 2.16. The molecule has 2 heterocycles. The summed E-state index contributed by atoms with van der Waals surface area (Å²) < 4.78 is 11.7. The first-order valence-corrected chi connectivity index (χ1v) is 6.16. The van der Waals surface area contributed by atoms with Crippen LogP contribution in [-0.4, -0.2) is 16.7 Å². The van der Waals surface area contributed by atoms with Crippen LogP contribution >= 0.6 is 11.3 Å². The summed E-state index contributed by atoms with van der Waals surface area (Å²) in [6.07, 6.45) is 0. The lowest BCUT2D eigenvalue weighted by atomic mass is 10.1. The van der Waals surface area contributed by atoms with Crippen molar-refractivity contribution in [3.05, 3.63) is 34.1 Å². The van der Waals surface area contributed by atoms with Crippen molar-refractivity contribution in [2.45, 2.75) is 0 Å². The number of thiazole rings is 1. The summed E-state index contributed by atoms with van der Waals surface area (Å²) in [6, 6.07) is 5.57. The molecule has 0 atom stereocenters. The lowest BCUT2D eigenvalue weighted by molar-refractivity contribution is 0.412. The second kappa shape index (κ2) is 3.99. The van der Waals surface area contributed by atoms with Gasteiger partial charge in [0.05, 0.1) is 18.3 Å². The van der Waals surface area contributed by atoms with Crippen molar-refractivity contribution in [3.8, 4) is 16.5 Å². The highest BCUT2D eigenvalue weighted by atomic mass is 32.1. The molecule has 3 rings (SSSR count). The minimum atomic E-state index is -0.363. The third kappa shape index (κ3) is 1.62. The molecule has 0 unspecified atom stereocenters. The molecule has 0 saturated carbocycles. The number of rotatable bonds is 2. The van der Waals surface area contributed by atoms with E-state index < -0.39 is 0 Å². The van der Waals surface area contributed by atoms with Crippen molar-refractivity contribution in [2.24, 2.45) is 7.05 Å². The van der Waals surface area contributed by atoms with E-state index in [2.05, 4.69) is 4.98 Å². The van der Waals surface area contributed by atoms with Gasteiger partial charge in [-0.15, -0.1) is 0 Å². The second-order valence-electron chi connectivity index (χ2n) is 3.81. The number of benzene rings is 1. The number of oxazole rings is 1. The first-order chi connectivity index (χ1) is 8.69. The number of hydrogen-bond donors (Lipinski definition) is 0. The Morgan fingerprint density at radius 3 is 3.00 bits per heavy atom. The molecule has 6 heteroatoms. The van der Waals surface area contributed by atoms with Gasteiger partial charge in [-0.25, -0.2) is 9.78 Å². The van der Waals surface area contributed by atoms with Crippen molar-refractivity contribution in [1.82, 2.24) is 9.55 Å². The van der Waals surface area contributed by atoms with Crippen LogP contribution in [0.5, 0.6) is 5.19 Å². The van der Waals surface area contributed by atoms with Crippen LogP contribution in [0.2, 0.25) is 0 Å². The predicted octanol–water partition coefficient (Wildman–Crippen LogP) is 2.26. The lowest BCUT2D eigenvalue weighted by Gasteiger charge is -1.96. The van der Waals surface area contributed by atoms with Crippen molar-refractivity contribution < 1.29 is 9.15 Å². The average molecular weight is 262 g/mol. The molecule has 0 aliphatic carbocycles. The van der Waals surface area contributed by atoms with E-state index in [0.717, 1.165) is 16.8 Å². The third-order valence-electron chi connectivity index (χ3n) is 2.75. The molecule has 0 radical (unpaired) electrons. The zero-order valence-electron chi connectivity index (χ0n) is 9.84. The highest BCUT2D eigenvalue weighted by molar-refractivity contribution is 7.11. The zero-order chi connectivity index (χ0) is 12.7. The molecular weight excluding hydrogens is 252 g/mol. The van der Waals surface area contributed by atoms with Gasteiger partial charge in [-0.3, -0.25) is 4.57 Å². The molecule has 0 saturated heterocycles. The van der Waals surface area contributed by atoms with Crippen molar-refractivity contribution >= 4 is 22.4 Å². The Morgan fingerprint density at radius 1 is 1.44 bits per heavy atom. The van der Waals surface area contributed by atoms with E-state index in [0.29, 0.717) is 10.8 Å². The normalized spacial score (nSPS) is 11.0. The number of aromatic nitrogens is 2. The van der Waals surface area contributed by atoms with Gasteiger partial charge in [0.15, 0.2) is 5.58 Å². The van der Waals surface area contributed by atoms with Gasteiger partial charge in [-0.1, -0.05) is 17.4 Å². The summed E-state index contributed by atoms with van der Waals surface area (Å²) in [5.41, 5.74) is 3.04. The molecule has 0 amide bonds. The zero-order valence-corrected chi connectivity index (χ0v) is 10.7. The van der Waals surface area contributed by atoms with Gasteiger partial charge in [0.1, 0.15) is 0 Å². The monoisotopic (exact) mass is 262 g/mol. The van der Waals surface area contributed by atoms with Crippen LogP contribution in [0.25, 0.3) is 22.4 Å². The highest BCUT2D eigenvalue weighted by Gasteiger charge is 2.09. The number of methoxy groups -OCH3 is 1. The minimum absolute atomic E-state index is 0.363. The summed E-state index contributed by atoms with van der Waals surface area (Å²) in [5.74, 6) is -0.363. The van der Waals surface area contributed by atoms with E-state index in [1.54, 1.807) is 14.2 Å². The molecule has 18 heavy (non-hydrogen) atoms. The summed E-state index contributed by atoms with van der Waals surface area (Å²) in [7, 11) is 3.27. The molecule has 92 valence electrons. The summed E-state index contributed by atoms with van der Waals surface area (Å²) in [5, 5.41) is 2.51. The van der Waals surface area contributed by atoms with Gasteiger partial charge in [0.25, 0.3) is 5.19 Å². The van der Waals surface area contributed by atoms with Crippen LogP contribution in [0.4, 0.5) is 0 Å². The van der Waals surface area contributed by atoms with Gasteiger partial charge in [0.2, 0.25) is 0 Å². The SMILES string of the molecule is COc1nc(-c2ccc3c(c2)oc(=O)n3C)cs1. The molecule has 2 aromatic heterocycles. The second-order valence-corrected chi connectivity index (χ2v) is 4.63. The average Bonchev–Trinajstić information content (AvgIpc) is 2.95. The van der Waals surface area contributed by atoms with Crippen molar-refractivity contribution in [2.75, 3.05) is 7.11 Å².